The molecule has 2 heterocycles. The van der Waals surface area contributed by atoms with E-state index in [1.807, 2.05) is 48.3 Å². The minimum Gasteiger partial charge on any atom is -0.441 e. The summed E-state index contributed by atoms with van der Waals surface area (Å²) in [5.41, 5.74) is 1.66. The molecule has 1 aliphatic rings. The molecule has 4 rings (SSSR count). The largest absolute Gasteiger partial charge is 0.441 e. The van der Waals surface area contributed by atoms with Crippen molar-refractivity contribution in [2.45, 2.75) is 6.10 Å². The highest BCUT2D eigenvalue weighted by Gasteiger charge is 2.32. The number of aliphatic hydroxyl groups is 1. The maximum atomic E-state index is 14.7. The van der Waals surface area contributed by atoms with Crippen molar-refractivity contribution in [1.29, 1.82) is 0 Å². The zero-order chi connectivity index (χ0) is 18.3. The lowest BCUT2D eigenvalue weighted by Crippen LogP contribution is -2.25. The van der Waals surface area contributed by atoms with Crippen LogP contribution in [0.15, 0.2) is 54.9 Å². The zero-order valence-corrected chi connectivity index (χ0v) is 14.2. The number of rotatable bonds is 3. The Balaban J connectivity index is 1.68. The summed E-state index contributed by atoms with van der Waals surface area (Å²) in [6, 6.07) is 12.4. The molecule has 1 N–H and O–H groups in total. The van der Waals surface area contributed by atoms with E-state index in [4.69, 9.17) is 9.84 Å². The van der Waals surface area contributed by atoms with Gasteiger partial charge in [-0.2, -0.15) is 0 Å². The van der Waals surface area contributed by atoms with Gasteiger partial charge in [0.15, 0.2) is 12.4 Å². The quantitative estimate of drug-likeness (QED) is 0.737. The van der Waals surface area contributed by atoms with Gasteiger partial charge in [-0.25, -0.2) is 13.8 Å². The summed E-state index contributed by atoms with van der Waals surface area (Å²) in [6.45, 7) is -0.0429. The van der Waals surface area contributed by atoms with Gasteiger partial charge < -0.3 is 9.84 Å². The van der Waals surface area contributed by atoms with Gasteiger partial charge in [0.2, 0.25) is 0 Å². The molecule has 0 bridgehead atoms. The second kappa shape index (κ2) is 6.38. The highest BCUT2D eigenvalue weighted by atomic mass is 19.1. The van der Waals surface area contributed by atoms with E-state index in [9.17, 15) is 9.18 Å². The van der Waals surface area contributed by atoms with Gasteiger partial charge in [-0.15, -0.1) is 0 Å². The Hall–Kier alpha value is -2.99. The minimum absolute atomic E-state index is 0.209. The molecule has 0 spiro atoms. The molecule has 2 aromatic carbocycles. The van der Waals surface area contributed by atoms with Crippen LogP contribution in [0.1, 0.15) is 0 Å². The first kappa shape index (κ1) is 16.5. The molecule has 1 amide bonds. The van der Waals surface area contributed by atoms with Crippen LogP contribution in [0.2, 0.25) is 0 Å². The number of nitrogens with zero attached hydrogens (tertiary/aromatic N) is 2. The number of carbonyl (C=O) groups is 1. The first-order valence-electron chi connectivity index (χ1n) is 8.33. The lowest BCUT2D eigenvalue weighted by Gasteiger charge is -2.14. The van der Waals surface area contributed by atoms with Crippen LogP contribution in [0.4, 0.5) is 14.9 Å². The number of anilines is 1. The SMILES string of the molecule is C[n+]1ccc2cc(-c3ccc(N4C[C@H](CO)OC4=O)cc3F)ccc2c1. The van der Waals surface area contributed by atoms with Gasteiger partial charge in [-0.3, -0.25) is 4.90 Å². The Labute approximate surface area is 149 Å². The Kier molecular flexibility index (Phi) is 4.05. The molecule has 0 aliphatic carbocycles. The topological polar surface area (TPSA) is 53.6 Å². The third kappa shape index (κ3) is 2.88. The van der Waals surface area contributed by atoms with E-state index in [1.165, 1.54) is 11.0 Å². The summed E-state index contributed by atoms with van der Waals surface area (Å²) in [5, 5.41) is 11.2. The molecule has 1 fully saturated rings. The second-order valence-corrected chi connectivity index (χ2v) is 6.42. The summed E-state index contributed by atoms with van der Waals surface area (Å²) >= 11 is 0. The van der Waals surface area contributed by atoms with E-state index in [1.54, 1.807) is 12.1 Å². The lowest BCUT2D eigenvalue weighted by molar-refractivity contribution is -0.670. The second-order valence-electron chi connectivity index (χ2n) is 6.42. The Morgan fingerprint density at radius 1 is 1.23 bits per heavy atom. The average Bonchev–Trinajstić information content (AvgIpc) is 3.02. The van der Waals surface area contributed by atoms with Crippen molar-refractivity contribution in [1.82, 2.24) is 0 Å². The number of cyclic esters (lactones) is 1. The van der Waals surface area contributed by atoms with E-state index < -0.39 is 18.0 Å². The van der Waals surface area contributed by atoms with Crippen molar-refractivity contribution < 1.29 is 23.6 Å². The van der Waals surface area contributed by atoms with Crippen LogP contribution >= 0.6 is 0 Å². The van der Waals surface area contributed by atoms with Crippen molar-refractivity contribution in [3.05, 3.63) is 60.7 Å². The fraction of sp³-hybridized carbons (Fsp3) is 0.200. The number of fused-ring (bicyclic) bond motifs is 1. The van der Waals surface area contributed by atoms with Crippen LogP contribution in [0.3, 0.4) is 0 Å². The van der Waals surface area contributed by atoms with E-state index in [-0.39, 0.29) is 13.2 Å². The minimum atomic E-state index is -0.577. The predicted octanol–water partition coefficient (Wildman–Crippen LogP) is 2.79. The number of benzene rings is 2. The molecular formula is C20H18FN2O3+. The number of ether oxygens (including phenoxy) is 1. The number of hydrogen-bond donors (Lipinski definition) is 1. The van der Waals surface area contributed by atoms with Crippen molar-refractivity contribution >= 4 is 22.6 Å². The van der Waals surface area contributed by atoms with Crippen molar-refractivity contribution in [3.63, 3.8) is 0 Å². The number of amides is 1. The number of aryl methyl sites for hydroxylation is 1. The maximum absolute atomic E-state index is 14.7. The first-order valence-corrected chi connectivity index (χ1v) is 8.33. The van der Waals surface area contributed by atoms with Gasteiger partial charge >= 0.3 is 6.09 Å². The third-order valence-electron chi connectivity index (χ3n) is 4.57. The van der Waals surface area contributed by atoms with Crippen molar-refractivity contribution in [3.8, 4) is 11.1 Å². The number of aromatic nitrogens is 1. The average molecular weight is 353 g/mol. The molecule has 1 atom stereocenters. The normalized spacial score (nSPS) is 17.0. The van der Waals surface area contributed by atoms with Crippen LogP contribution in [0.25, 0.3) is 21.9 Å². The van der Waals surface area contributed by atoms with Crippen molar-refractivity contribution in [2.75, 3.05) is 18.1 Å². The Bertz CT molecular complexity index is 1010. The number of carbonyl (C=O) groups excluding carboxylic acids is 1. The molecule has 0 radical (unpaired) electrons. The zero-order valence-electron chi connectivity index (χ0n) is 14.2. The monoisotopic (exact) mass is 353 g/mol. The summed E-state index contributed by atoms with van der Waals surface area (Å²) in [5.74, 6) is -0.413. The molecule has 1 aliphatic heterocycles. The van der Waals surface area contributed by atoms with Crippen LogP contribution in [0.5, 0.6) is 0 Å². The summed E-state index contributed by atoms with van der Waals surface area (Å²) in [6.07, 6.45) is 2.80. The van der Waals surface area contributed by atoms with Gasteiger partial charge in [0.05, 0.1) is 18.8 Å². The molecule has 0 saturated carbocycles. The Morgan fingerprint density at radius 2 is 2.08 bits per heavy atom. The number of aliphatic hydroxyl groups excluding tert-OH is 1. The van der Waals surface area contributed by atoms with Crippen LogP contribution < -0.4 is 9.47 Å². The molecule has 26 heavy (non-hydrogen) atoms. The molecule has 6 heteroatoms. The summed E-state index contributed by atoms with van der Waals surface area (Å²) in [7, 11) is 1.95. The van der Waals surface area contributed by atoms with Gasteiger partial charge in [-0.05, 0) is 41.3 Å². The fourth-order valence-electron chi connectivity index (χ4n) is 3.20. The molecule has 132 valence electrons. The third-order valence-corrected chi connectivity index (χ3v) is 4.57. The highest BCUT2D eigenvalue weighted by molar-refractivity contribution is 5.91. The number of hydrogen-bond acceptors (Lipinski definition) is 3. The summed E-state index contributed by atoms with van der Waals surface area (Å²) in [4.78, 5) is 13.2. The van der Waals surface area contributed by atoms with E-state index in [2.05, 4.69) is 0 Å². The van der Waals surface area contributed by atoms with Crippen LogP contribution in [-0.4, -0.2) is 30.5 Å². The van der Waals surface area contributed by atoms with E-state index in [0.29, 0.717) is 11.3 Å². The molecule has 5 nitrogen and oxygen atoms in total. The van der Waals surface area contributed by atoms with E-state index in [0.717, 1.165) is 16.3 Å². The predicted molar refractivity (Wildman–Crippen MR) is 95.2 cm³/mol. The molecule has 3 aromatic rings. The van der Waals surface area contributed by atoms with E-state index >= 15 is 0 Å². The first-order chi connectivity index (χ1) is 12.5. The van der Waals surface area contributed by atoms with Gasteiger partial charge in [-0.1, -0.05) is 6.07 Å². The number of pyridine rings is 1. The van der Waals surface area contributed by atoms with Crippen molar-refractivity contribution in [2.24, 2.45) is 7.05 Å². The number of halogens is 1. The highest BCUT2D eigenvalue weighted by Crippen LogP contribution is 2.30. The Morgan fingerprint density at radius 3 is 2.81 bits per heavy atom. The van der Waals surface area contributed by atoms with Gasteiger partial charge in [0, 0.05) is 17.0 Å². The molecular weight excluding hydrogens is 335 g/mol. The standard InChI is InChI=1S/C20H18FN2O3/c1-22-7-6-13-8-14(2-3-15(13)10-22)18-5-4-16(9-19(18)21)23-11-17(12-24)26-20(23)25/h2-10,17,24H,11-12H2,1H3/q+1/t17-/m1/s1. The molecule has 0 unspecified atom stereocenters. The lowest BCUT2D eigenvalue weighted by atomic mass is 10.0. The van der Waals surface area contributed by atoms with Gasteiger partial charge in [0.1, 0.15) is 19.0 Å². The fourth-order valence-corrected chi connectivity index (χ4v) is 3.20. The van der Waals surface area contributed by atoms with Gasteiger partial charge in [0.25, 0.3) is 0 Å². The van der Waals surface area contributed by atoms with Crippen LogP contribution in [0, 0.1) is 5.82 Å². The molecule has 1 aromatic heterocycles. The smallest absolute Gasteiger partial charge is 0.414 e. The van der Waals surface area contributed by atoms with Crippen LogP contribution in [-0.2, 0) is 11.8 Å². The molecule has 1 saturated heterocycles. The maximum Gasteiger partial charge on any atom is 0.414 e. The summed E-state index contributed by atoms with van der Waals surface area (Å²) < 4.78 is 21.7.